The lowest BCUT2D eigenvalue weighted by molar-refractivity contribution is 0.272. The van der Waals surface area contributed by atoms with Crippen LogP contribution in [-0.2, 0) is 5.75 Å². The molecule has 106 valence electrons. The number of aromatic nitrogens is 1. The van der Waals surface area contributed by atoms with Crippen LogP contribution in [0.2, 0.25) is 0 Å². The predicted molar refractivity (Wildman–Crippen MR) is 85.5 cm³/mol. The van der Waals surface area contributed by atoms with Crippen molar-refractivity contribution in [2.45, 2.75) is 19.6 Å². The second-order valence-electron chi connectivity index (χ2n) is 5.09. The average Bonchev–Trinajstić information content (AvgIpc) is 2.45. The smallest absolute Gasteiger partial charge is 0.252 e. The normalized spacial score (nSPS) is 10.8. The number of nitrogens with one attached hydrogen (secondary N) is 1. The van der Waals surface area contributed by atoms with E-state index < -0.39 is 0 Å². The fourth-order valence-electron chi connectivity index (χ4n) is 1.86. The van der Waals surface area contributed by atoms with Gasteiger partial charge in [-0.3, -0.25) is 4.79 Å². The van der Waals surface area contributed by atoms with E-state index in [4.69, 9.17) is 4.74 Å². The van der Waals surface area contributed by atoms with Gasteiger partial charge in [0.25, 0.3) is 5.56 Å². The van der Waals surface area contributed by atoms with E-state index in [1.807, 2.05) is 30.3 Å². The Balaban J connectivity index is 2.37. The Morgan fingerprint density at radius 3 is 2.60 bits per heavy atom. The molecule has 0 saturated carbocycles. The summed E-state index contributed by atoms with van der Waals surface area (Å²) in [6.07, 6.45) is 0. The Labute approximate surface area is 124 Å². The number of para-hydroxylation sites is 1. The van der Waals surface area contributed by atoms with Crippen molar-refractivity contribution in [1.29, 1.82) is 0 Å². The van der Waals surface area contributed by atoms with Gasteiger partial charge in [-0.25, -0.2) is 0 Å². The third kappa shape index (κ3) is 3.45. The molecule has 2 aromatic rings. The van der Waals surface area contributed by atoms with Crippen LogP contribution in [0, 0.1) is 5.92 Å². The van der Waals surface area contributed by atoms with Gasteiger partial charge in [-0.05, 0) is 24.1 Å². The van der Waals surface area contributed by atoms with Gasteiger partial charge in [0.2, 0.25) is 0 Å². The number of aromatic amines is 1. The summed E-state index contributed by atoms with van der Waals surface area (Å²) in [4.78, 5) is 14.8. The molecule has 1 N–H and O–H groups in total. The molecule has 0 saturated heterocycles. The van der Waals surface area contributed by atoms with Gasteiger partial charge < -0.3 is 9.72 Å². The SMILES string of the molecule is CC(C)COc1ccccc1-c1ccc(CS)c(=O)[nH]1. The fourth-order valence-corrected chi connectivity index (χ4v) is 2.11. The first-order chi connectivity index (χ1) is 9.61. The van der Waals surface area contributed by atoms with Gasteiger partial charge in [-0.1, -0.05) is 32.0 Å². The molecule has 1 aromatic heterocycles. The minimum atomic E-state index is -0.101. The summed E-state index contributed by atoms with van der Waals surface area (Å²) < 4.78 is 5.81. The molecule has 1 aromatic carbocycles. The highest BCUT2D eigenvalue weighted by Crippen LogP contribution is 2.28. The van der Waals surface area contributed by atoms with E-state index in [0.717, 1.165) is 17.0 Å². The van der Waals surface area contributed by atoms with E-state index in [0.29, 0.717) is 23.8 Å². The lowest BCUT2D eigenvalue weighted by atomic mass is 10.1. The first-order valence-electron chi connectivity index (χ1n) is 6.67. The van der Waals surface area contributed by atoms with Crippen LogP contribution in [0.3, 0.4) is 0 Å². The predicted octanol–water partition coefficient (Wildman–Crippen LogP) is 3.51. The zero-order chi connectivity index (χ0) is 14.5. The molecule has 0 aliphatic heterocycles. The minimum absolute atomic E-state index is 0.101. The molecule has 0 aliphatic carbocycles. The summed E-state index contributed by atoms with van der Waals surface area (Å²) in [6, 6.07) is 11.4. The number of benzene rings is 1. The highest BCUT2D eigenvalue weighted by molar-refractivity contribution is 7.79. The van der Waals surface area contributed by atoms with E-state index in [2.05, 4.69) is 31.5 Å². The number of hydrogen-bond acceptors (Lipinski definition) is 3. The van der Waals surface area contributed by atoms with Crippen LogP contribution in [0.1, 0.15) is 19.4 Å². The van der Waals surface area contributed by atoms with Crippen molar-refractivity contribution >= 4 is 12.6 Å². The van der Waals surface area contributed by atoms with Gasteiger partial charge in [-0.2, -0.15) is 12.6 Å². The van der Waals surface area contributed by atoms with E-state index >= 15 is 0 Å². The Kier molecular flexibility index (Phi) is 4.90. The van der Waals surface area contributed by atoms with Crippen LogP contribution in [0.25, 0.3) is 11.3 Å². The second kappa shape index (κ2) is 6.66. The second-order valence-corrected chi connectivity index (χ2v) is 5.40. The third-order valence-corrected chi connectivity index (χ3v) is 3.25. The summed E-state index contributed by atoms with van der Waals surface area (Å²) in [5.74, 6) is 1.67. The molecule has 0 bridgehead atoms. The molecule has 4 heteroatoms. The van der Waals surface area contributed by atoms with Crippen molar-refractivity contribution in [1.82, 2.24) is 4.98 Å². The van der Waals surface area contributed by atoms with E-state index in [-0.39, 0.29) is 5.56 Å². The maximum Gasteiger partial charge on any atom is 0.252 e. The first kappa shape index (κ1) is 14.7. The molecule has 20 heavy (non-hydrogen) atoms. The molecule has 0 spiro atoms. The molecule has 0 radical (unpaired) electrons. The molecule has 2 rings (SSSR count). The number of pyridine rings is 1. The number of rotatable bonds is 5. The molecule has 0 amide bonds. The van der Waals surface area contributed by atoms with Crippen molar-refractivity contribution in [3.63, 3.8) is 0 Å². The monoisotopic (exact) mass is 289 g/mol. The van der Waals surface area contributed by atoms with Crippen LogP contribution in [0.4, 0.5) is 0 Å². The summed E-state index contributed by atoms with van der Waals surface area (Å²) in [7, 11) is 0. The minimum Gasteiger partial charge on any atom is -0.493 e. The topological polar surface area (TPSA) is 42.1 Å². The van der Waals surface area contributed by atoms with Gasteiger partial charge in [0.1, 0.15) is 5.75 Å². The maximum atomic E-state index is 11.9. The summed E-state index contributed by atoms with van der Waals surface area (Å²) in [6.45, 7) is 4.86. The van der Waals surface area contributed by atoms with Crippen LogP contribution < -0.4 is 10.3 Å². The van der Waals surface area contributed by atoms with Gasteiger partial charge in [0.05, 0.1) is 12.3 Å². The largest absolute Gasteiger partial charge is 0.493 e. The van der Waals surface area contributed by atoms with E-state index in [9.17, 15) is 4.79 Å². The van der Waals surface area contributed by atoms with Gasteiger partial charge in [-0.15, -0.1) is 0 Å². The van der Waals surface area contributed by atoms with Crippen LogP contribution in [-0.4, -0.2) is 11.6 Å². The van der Waals surface area contributed by atoms with E-state index in [1.54, 1.807) is 6.07 Å². The summed E-state index contributed by atoms with van der Waals surface area (Å²) >= 11 is 4.13. The van der Waals surface area contributed by atoms with Gasteiger partial charge in [0.15, 0.2) is 0 Å². The Morgan fingerprint density at radius 2 is 1.95 bits per heavy atom. The standard InChI is InChI=1S/C16H19NO2S/c1-11(2)9-19-15-6-4-3-5-13(15)14-8-7-12(10-20)16(18)17-14/h3-8,11,20H,9-10H2,1-2H3,(H,17,18). The van der Waals surface area contributed by atoms with Crippen molar-refractivity contribution < 1.29 is 4.74 Å². The van der Waals surface area contributed by atoms with Crippen LogP contribution in [0.5, 0.6) is 5.75 Å². The lowest BCUT2D eigenvalue weighted by Gasteiger charge is -2.13. The molecular weight excluding hydrogens is 270 g/mol. The number of thiol groups is 1. The molecular formula is C16H19NO2S. The summed E-state index contributed by atoms with van der Waals surface area (Å²) in [5.41, 5.74) is 2.23. The van der Waals surface area contributed by atoms with Crippen LogP contribution in [0.15, 0.2) is 41.2 Å². The molecule has 3 nitrogen and oxygen atoms in total. The molecule has 0 unspecified atom stereocenters. The van der Waals surface area contributed by atoms with Crippen molar-refractivity contribution in [3.8, 4) is 17.0 Å². The Morgan fingerprint density at radius 1 is 1.20 bits per heavy atom. The molecule has 1 heterocycles. The summed E-state index contributed by atoms with van der Waals surface area (Å²) in [5, 5.41) is 0. The van der Waals surface area contributed by atoms with Gasteiger partial charge in [0, 0.05) is 16.9 Å². The zero-order valence-corrected chi connectivity index (χ0v) is 12.6. The zero-order valence-electron chi connectivity index (χ0n) is 11.7. The number of ether oxygens (including phenoxy) is 1. The molecule has 0 fully saturated rings. The highest BCUT2D eigenvalue weighted by Gasteiger charge is 2.08. The van der Waals surface area contributed by atoms with E-state index in [1.165, 1.54) is 0 Å². The van der Waals surface area contributed by atoms with Crippen molar-refractivity contribution in [3.05, 3.63) is 52.3 Å². The van der Waals surface area contributed by atoms with Crippen molar-refractivity contribution in [2.75, 3.05) is 6.61 Å². The third-order valence-electron chi connectivity index (χ3n) is 2.91. The highest BCUT2D eigenvalue weighted by atomic mass is 32.1. The Bertz CT molecular complexity index is 634. The van der Waals surface area contributed by atoms with Gasteiger partial charge >= 0.3 is 0 Å². The lowest BCUT2D eigenvalue weighted by Crippen LogP contribution is -2.12. The molecule has 0 aliphatic rings. The quantitative estimate of drug-likeness (QED) is 0.827. The van der Waals surface area contributed by atoms with Crippen molar-refractivity contribution in [2.24, 2.45) is 5.92 Å². The number of hydrogen-bond donors (Lipinski definition) is 2. The van der Waals surface area contributed by atoms with Crippen LogP contribution >= 0.6 is 12.6 Å². The fraction of sp³-hybridized carbons (Fsp3) is 0.312. The Hall–Kier alpha value is -1.68. The maximum absolute atomic E-state index is 11.9. The average molecular weight is 289 g/mol. The first-order valence-corrected chi connectivity index (χ1v) is 7.30. The molecule has 0 atom stereocenters. The number of H-pyrrole nitrogens is 1.